The predicted octanol–water partition coefficient (Wildman–Crippen LogP) is 2.99. The van der Waals surface area contributed by atoms with Crippen LogP contribution in [0.3, 0.4) is 0 Å². The quantitative estimate of drug-likeness (QED) is 0.484. The Balaban J connectivity index is 4.46. The van der Waals surface area contributed by atoms with E-state index in [9.17, 15) is 4.79 Å². The van der Waals surface area contributed by atoms with Gasteiger partial charge in [0.15, 0.2) is 5.78 Å². The molecule has 0 aliphatic carbocycles. The van der Waals surface area contributed by atoms with Gasteiger partial charge in [0.1, 0.15) is 0 Å². The summed E-state index contributed by atoms with van der Waals surface area (Å²) in [4.78, 5) is 15.1. The third-order valence-corrected chi connectivity index (χ3v) is 2.09. The van der Waals surface area contributed by atoms with Gasteiger partial charge >= 0.3 is 0 Å². The van der Waals surface area contributed by atoms with E-state index < -0.39 is 0 Å². The van der Waals surface area contributed by atoms with Crippen molar-refractivity contribution in [1.29, 1.82) is 0 Å². The lowest BCUT2D eigenvalue weighted by molar-refractivity contribution is -0.112. The highest BCUT2D eigenvalue weighted by molar-refractivity contribution is 5.89. The Labute approximate surface area is 80.8 Å². The first kappa shape index (κ1) is 12.1. The molecule has 0 aromatic heterocycles. The van der Waals surface area contributed by atoms with Crippen LogP contribution in [-0.4, -0.2) is 11.5 Å². The number of carbonyl (C=O) groups is 1. The molecule has 2 nitrogen and oxygen atoms in total. The predicted molar refractivity (Wildman–Crippen MR) is 57.0 cm³/mol. The molecule has 0 amide bonds. The van der Waals surface area contributed by atoms with E-state index >= 15 is 0 Å². The second-order valence-corrected chi connectivity index (χ2v) is 3.46. The Morgan fingerprint density at radius 3 is 2.31 bits per heavy atom. The lowest BCUT2D eigenvalue weighted by Gasteiger charge is -2.07. The van der Waals surface area contributed by atoms with Crippen molar-refractivity contribution in [3.8, 4) is 0 Å². The number of hydrogen-bond acceptors (Lipinski definition) is 2. The maximum atomic E-state index is 10.7. The van der Waals surface area contributed by atoms with Crippen molar-refractivity contribution >= 4 is 11.5 Å². The Hall–Kier alpha value is -0.920. The topological polar surface area (TPSA) is 29.4 Å². The van der Waals surface area contributed by atoms with Crippen molar-refractivity contribution in [3.63, 3.8) is 0 Å². The third kappa shape index (κ3) is 5.34. The van der Waals surface area contributed by atoms with Crippen LogP contribution in [0.4, 0.5) is 0 Å². The molecule has 0 aromatic carbocycles. The summed E-state index contributed by atoms with van der Waals surface area (Å²) in [7, 11) is 0. The van der Waals surface area contributed by atoms with Gasteiger partial charge < -0.3 is 0 Å². The normalized spacial score (nSPS) is 15.8. The van der Waals surface area contributed by atoms with Gasteiger partial charge in [-0.2, -0.15) is 0 Å². The van der Waals surface area contributed by atoms with Crippen LogP contribution in [-0.2, 0) is 4.79 Å². The highest BCUT2D eigenvalue weighted by Gasteiger charge is 2.02. The van der Waals surface area contributed by atoms with E-state index in [2.05, 4.69) is 18.8 Å². The smallest absolute Gasteiger partial charge is 0.154 e. The molecule has 1 unspecified atom stereocenters. The number of ketones is 1. The van der Waals surface area contributed by atoms with Crippen molar-refractivity contribution in [3.05, 3.63) is 11.8 Å². The molecule has 74 valence electrons. The molecule has 1 atom stereocenters. The first-order valence-corrected chi connectivity index (χ1v) is 4.71. The van der Waals surface area contributed by atoms with Gasteiger partial charge in [-0.1, -0.05) is 13.8 Å². The van der Waals surface area contributed by atoms with Crippen LogP contribution in [0.25, 0.3) is 0 Å². The SMILES string of the molecule is CCC(C)C(C)=N/C(C)=C\C(C)=O. The Kier molecular flexibility index (Phi) is 5.28. The molecule has 0 spiro atoms. The summed E-state index contributed by atoms with van der Waals surface area (Å²) in [6.07, 6.45) is 2.65. The zero-order valence-corrected chi connectivity index (χ0v) is 9.22. The summed E-state index contributed by atoms with van der Waals surface area (Å²) in [6.45, 7) is 9.67. The molecular weight excluding hydrogens is 162 g/mol. The number of aliphatic imine (C=N–C) groups is 1. The van der Waals surface area contributed by atoms with Gasteiger partial charge in [-0.15, -0.1) is 0 Å². The van der Waals surface area contributed by atoms with E-state index in [4.69, 9.17) is 0 Å². The second kappa shape index (κ2) is 5.68. The average molecular weight is 181 g/mol. The minimum absolute atomic E-state index is 0.0539. The fraction of sp³-hybridized carbons (Fsp3) is 0.636. The number of hydrogen-bond donors (Lipinski definition) is 0. The van der Waals surface area contributed by atoms with Crippen LogP contribution < -0.4 is 0 Å². The van der Waals surface area contributed by atoms with Crippen molar-refractivity contribution in [1.82, 2.24) is 0 Å². The monoisotopic (exact) mass is 181 g/mol. The summed E-state index contributed by atoms with van der Waals surface area (Å²) in [6, 6.07) is 0. The lowest BCUT2D eigenvalue weighted by Crippen LogP contribution is -2.05. The number of allylic oxidation sites excluding steroid dienone is 2. The molecule has 13 heavy (non-hydrogen) atoms. The van der Waals surface area contributed by atoms with E-state index in [1.165, 1.54) is 6.92 Å². The van der Waals surface area contributed by atoms with Crippen molar-refractivity contribution < 1.29 is 4.79 Å². The van der Waals surface area contributed by atoms with Gasteiger partial charge in [-0.25, -0.2) is 0 Å². The zero-order valence-electron chi connectivity index (χ0n) is 9.22. The number of carbonyl (C=O) groups excluding carboxylic acids is 1. The Morgan fingerprint density at radius 2 is 1.92 bits per heavy atom. The molecule has 0 aliphatic rings. The van der Waals surface area contributed by atoms with E-state index in [1.54, 1.807) is 6.08 Å². The molecule has 0 rings (SSSR count). The van der Waals surface area contributed by atoms with Gasteiger partial charge in [0.25, 0.3) is 0 Å². The van der Waals surface area contributed by atoms with Crippen LogP contribution in [0.15, 0.2) is 16.8 Å². The van der Waals surface area contributed by atoms with E-state index in [-0.39, 0.29) is 5.78 Å². The van der Waals surface area contributed by atoms with Crippen LogP contribution in [0.1, 0.15) is 41.0 Å². The standard InChI is InChI=1S/C11H19NO/c1-6-8(2)11(5)12-9(3)7-10(4)13/h7-8H,6H2,1-5H3/b9-7-,12-11?. The Bertz CT molecular complexity index is 238. The number of nitrogens with zero attached hydrogens (tertiary/aromatic N) is 1. The molecule has 0 N–H and O–H groups in total. The number of rotatable bonds is 4. The highest BCUT2D eigenvalue weighted by Crippen LogP contribution is 2.06. The summed E-state index contributed by atoms with van der Waals surface area (Å²) in [5.74, 6) is 0.550. The van der Waals surface area contributed by atoms with Crippen LogP contribution >= 0.6 is 0 Å². The molecule has 0 radical (unpaired) electrons. The molecule has 0 aromatic rings. The van der Waals surface area contributed by atoms with Gasteiger partial charge in [-0.3, -0.25) is 9.79 Å². The first-order chi connectivity index (χ1) is 5.97. The maximum Gasteiger partial charge on any atom is 0.154 e. The minimum atomic E-state index is 0.0539. The maximum absolute atomic E-state index is 10.7. The molecule has 0 fully saturated rings. The molecule has 0 aliphatic heterocycles. The minimum Gasteiger partial charge on any atom is -0.295 e. The lowest BCUT2D eigenvalue weighted by atomic mass is 10.0. The van der Waals surface area contributed by atoms with Gasteiger partial charge in [0.05, 0.1) is 0 Å². The van der Waals surface area contributed by atoms with Gasteiger partial charge in [0, 0.05) is 17.5 Å². The fourth-order valence-corrected chi connectivity index (χ4v) is 1.01. The third-order valence-electron chi connectivity index (χ3n) is 2.09. The molecule has 2 heteroatoms. The van der Waals surface area contributed by atoms with E-state index in [0.717, 1.165) is 17.8 Å². The zero-order chi connectivity index (χ0) is 10.4. The second-order valence-electron chi connectivity index (χ2n) is 3.46. The van der Waals surface area contributed by atoms with E-state index in [0.29, 0.717) is 5.92 Å². The van der Waals surface area contributed by atoms with Gasteiger partial charge in [0.2, 0.25) is 0 Å². The fourth-order valence-electron chi connectivity index (χ4n) is 1.01. The van der Waals surface area contributed by atoms with Crippen molar-refractivity contribution in [2.24, 2.45) is 10.9 Å². The van der Waals surface area contributed by atoms with Gasteiger partial charge in [-0.05, 0) is 33.1 Å². The molecule has 0 heterocycles. The summed E-state index contributed by atoms with van der Waals surface area (Å²) in [5, 5.41) is 0. The van der Waals surface area contributed by atoms with Crippen LogP contribution in [0, 0.1) is 5.92 Å². The largest absolute Gasteiger partial charge is 0.295 e. The summed E-state index contributed by atoms with van der Waals surface area (Å²) in [5.41, 5.74) is 1.89. The first-order valence-electron chi connectivity index (χ1n) is 4.71. The molecule has 0 saturated carbocycles. The van der Waals surface area contributed by atoms with Crippen molar-refractivity contribution in [2.45, 2.75) is 41.0 Å². The summed E-state index contributed by atoms with van der Waals surface area (Å²) < 4.78 is 0. The average Bonchev–Trinajstić information content (AvgIpc) is 2.01. The summed E-state index contributed by atoms with van der Waals surface area (Å²) >= 11 is 0. The van der Waals surface area contributed by atoms with Crippen molar-refractivity contribution in [2.75, 3.05) is 0 Å². The molecule has 0 bridgehead atoms. The highest BCUT2D eigenvalue weighted by atomic mass is 16.1. The Morgan fingerprint density at radius 1 is 1.38 bits per heavy atom. The van der Waals surface area contributed by atoms with Crippen LogP contribution in [0.5, 0.6) is 0 Å². The molecule has 0 saturated heterocycles. The van der Waals surface area contributed by atoms with E-state index in [1.807, 2.05) is 13.8 Å². The van der Waals surface area contributed by atoms with Crippen LogP contribution in [0.2, 0.25) is 0 Å². The molecular formula is C11H19NO.